The van der Waals surface area contributed by atoms with Crippen LogP contribution < -0.4 is 4.74 Å². The van der Waals surface area contributed by atoms with Crippen molar-refractivity contribution in [3.63, 3.8) is 0 Å². The van der Waals surface area contributed by atoms with Gasteiger partial charge in [-0.25, -0.2) is 0 Å². The minimum absolute atomic E-state index is 0.891. The van der Waals surface area contributed by atoms with Crippen LogP contribution in [0, 0.1) is 6.92 Å². The zero-order chi connectivity index (χ0) is 9.84. The van der Waals surface area contributed by atoms with Gasteiger partial charge in [-0.05, 0) is 32.9 Å². The van der Waals surface area contributed by atoms with E-state index in [1.54, 1.807) is 7.11 Å². The first-order valence-electron chi connectivity index (χ1n) is 4.30. The molecule has 0 aliphatic heterocycles. The molecule has 1 rings (SSSR count). The number of hydrogen-bond acceptors (Lipinski definition) is 2. The molecule has 2 nitrogen and oxygen atoms in total. The Morgan fingerprint density at radius 2 is 2.00 bits per heavy atom. The highest BCUT2D eigenvalue weighted by atomic mass is 16.5. The normalized spacial score (nSPS) is 9.54. The fourth-order valence-corrected chi connectivity index (χ4v) is 1.19. The van der Waals surface area contributed by atoms with Crippen molar-refractivity contribution in [3.8, 4) is 5.75 Å². The Hall–Kier alpha value is -1.31. The summed E-state index contributed by atoms with van der Waals surface area (Å²) in [6.45, 7) is 5.98. The average Bonchev–Trinajstić information content (AvgIpc) is 2.08. The molecular formula is C11H15NO. The summed E-state index contributed by atoms with van der Waals surface area (Å²) in [5.74, 6) is 0.891. The van der Waals surface area contributed by atoms with Crippen LogP contribution in [0.2, 0.25) is 0 Å². The summed E-state index contributed by atoms with van der Waals surface area (Å²) in [5.41, 5.74) is 3.13. The maximum Gasteiger partial charge on any atom is 0.123 e. The second-order valence-corrected chi connectivity index (χ2v) is 3.16. The molecule has 0 radical (unpaired) electrons. The molecule has 0 aromatic heterocycles. The maximum absolute atomic E-state index is 5.20. The van der Waals surface area contributed by atoms with Gasteiger partial charge in [-0.1, -0.05) is 6.07 Å². The Labute approximate surface area is 79.3 Å². The molecule has 0 bridgehead atoms. The number of hydrogen-bond donors (Lipinski definition) is 0. The number of aliphatic imine (C=N–C) groups is 1. The second kappa shape index (κ2) is 4.08. The van der Waals surface area contributed by atoms with Crippen LogP contribution >= 0.6 is 0 Å². The van der Waals surface area contributed by atoms with Gasteiger partial charge < -0.3 is 4.74 Å². The predicted octanol–water partition coefficient (Wildman–Crippen LogP) is 3.12. The molecule has 1 aromatic carbocycles. The highest BCUT2D eigenvalue weighted by molar-refractivity contribution is 5.82. The van der Waals surface area contributed by atoms with Gasteiger partial charge in [-0.3, -0.25) is 4.99 Å². The molecule has 70 valence electrons. The van der Waals surface area contributed by atoms with E-state index in [9.17, 15) is 0 Å². The topological polar surface area (TPSA) is 21.6 Å². The standard InChI is InChI=1S/C11H15NO/c1-8(2)12-10-6-5-7-11(13-4)9(10)3/h5-7H,1-4H3. The minimum Gasteiger partial charge on any atom is -0.496 e. The van der Waals surface area contributed by atoms with E-state index in [-0.39, 0.29) is 0 Å². The maximum atomic E-state index is 5.20. The molecule has 0 heterocycles. The van der Waals surface area contributed by atoms with Crippen LogP contribution in [0.15, 0.2) is 23.2 Å². The van der Waals surface area contributed by atoms with Crippen molar-refractivity contribution < 1.29 is 4.74 Å². The number of benzene rings is 1. The molecule has 0 spiro atoms. The Bertz CT molecular complexity index is 325. The lowest BCUT2D eigenvalue weighted by Crippen LogP contribution is -1.87. The van der Waals surface area contributed by atoms with E-state index in [4.69, 9.17) is 4.74 Å². The largest absolute Gasteiger partial charge is 0.496 e. The smallest absolute Gasteiger partial charge is 0.123 e. The van der Waals surface area contributed by atoms with Crippen molar-refractivity contribution >= 4 is 11.4 Å². The number of rotatable bonds is 2. The van der Waals surface area contributed by atoms with Crippen molar-refractivity contribution in [1.82, 2.24) is 0 Å². The van der Waals surface area contributed by atoms with Crippen molar-refractivity contribution in [1.29, 1.82) is 0 Å². The van der Waals surface area contributed by atoms with Gasteiger partial charge in [-0.2, -0.15) is 0 Å². The highest BCUT2D eigenvalue weighted by Crippen LogP contribution is 2.27. The quantitative estimate of drug-likeness (QED) is 0.636. The summed E-state index contributed by atoms with van der Waals surface area (Å²) in [7, 11) is 1.68. The average molecular weight is 177 g/mol. The molecule has 0 saturated heterocycles. The van der Waals surface area contributed by atoms with Gasteiger partial charge in [0, 0.05) is 11.3 Å². The summed E-state index contributed by atoms with van der Waals surface area (Å²) in [6, 6.07) is 5.89. The lowest BCUT2D eigenvalue weighted by molar-refractivity contribution is 0.412. The molecular weight excluding hydrogens is 162 g/mol. The van der Waals surface area contributed by atoms with E-state index in [1.165, 1.54) is 0 Å². The van der Waals surface area contributed by atoms with E-state index in [2.05, 4.69) is 4.99 Å². The molecule has 13 heavy (non-hydrogen) atoms. The Kier molecular flexibility index (Phi) is 3.07. The molecule has 0 fully saturated rings. The number of ether oxygens (including phenoxy) is 1. The van der Waals surface area contributed by atoms with Crippen LogP contribution in [0.25, 0.3) is 0 Å². The predicted molar refractivity (Wildman–Crippen MR) is 56.2 cm³/mol. The van der Waals surface area contributed by atoms with Gasteiger partial charge >= 0.3 is 0 Å². The molecule has 0 unspecified atom stereocenters. The summed E-state index contributed by atoms with van der Waals surface area (Å²) in [6.07, 6.45) is 0. The number of nitrogens with zero attached hydrogens (tertiary/aromatic N) is 1. The number of methoxy groups -OCH3 is 1. The first-order valence-corrected chi connectivity index (χ1v) is 4.30. The van der Waals surface area contributed by atoms with Crippen LogP contribution in [0.5, 0.6) is 5.75 Å². The molecule has 0 saturated carbocycles. The van der Waals surface area contributed by atoms with Gasteiger partial charge in [0.1, 0.15) is 5.75 Å². The Morgan fingerprint density at radius 1 is 1.31 bits per heavy atom. The molecule has 0 aliphatic rings. The summed E-state index contributed by atoms with van der Waals surface area (Å²) in [4.78, 5) is 4.40. The van der Waals surface area contributed by atoms with Gasteiger partial charge in [-0.15, -0.1) is 0 Å². The van der Waals surface area contributed by atoms with Crippen molar-refractivity contribution in [3.05, 3.63) is 23.8 Å². The van der Waals surface area contributed by atoms with Gasteiger partial charge in [0.05, 0.1) is 12.8 Å². The fourth-order valence-electron chi connectivity index (χ4n) is 1.19. The molecule has 2 heteroatoms. The lowest BCUT2D eigenvalue weighted by atomic mass is 10.2. The van der Waals surface area contributed by atoms with Gasteiger partial charge in [0.15, 0.2) is 0 Å². The van der Waals surface area contributed by atoms with Crippen LogP contribution in [0.3, 0.4) is 0 Å². The fraction of sp³-hybridized carbons (Fsp3) is 0.364. The molecule has 0 amide bonds. The van der Waals surface area contributed by atoms with E-state index in [1.807, 2.05) is 39.0 Å². The minimum atomic E-state index is 0.891. The van der Waals surface area contributed by atoms with Crippen LogP contribution in [0.1, 0.15) is 19.4 Å². The van der Waals surface area contributed by atoms with Crippen molar-refractivity contribution in [2.45, 2.75) is 20.8 Å². The SMILES string of the molecule is COc1cccc(N=C(C)C)c1C. The van der Waals surface area contributed by atoms with Crippen molar-refractivity contribution in [2.75, 3.05) is 7.11 Å². The van der Waals surface area contributed by atoms with Crippen LogP contribution in [-0.4, -0.2) is 12.8 Å². The van der Waals surface area contributed by atoms with Crippen LogP contribution in [-0.2, 0) is 0 Å². The molecule has 0 atom stereocenters. The summed E-state index contributed by atoms with van der Waals surface area (Å²) < 4.78 is 5.20. The Balaban J connectivity index is 3.16. The summed E-state index contributed by atoms with van der Waals surface area (Å²) >= 11 is 0. The molecule has 0 aliphatic carbocycles. The third-order valence-corrected chi connectivity index (χ3v) is 1.82. The zero-order valence-corrected chi connectivity index (χ0v) is 8.59. The Morgan fingerprint density at radius 3 is 2.54 bits per heavy atom. The third kappa shape index (κ3) is 2.31. The van der Waals surface area contributed by atoms with E-state index < -0.39 is 0 Å². The van der Waals surface area contributed by atoms with Crippen LogP contribution in [0.4, 0.5) is 5.69 Å². The van der Waals surface area contributed by atoms with Crippen molar-refractivity contribution in [2.24, 2.45) is 4.99 Å². The van der Waals surface area contributed by atoms with E-state index >= 15 is 0 Å². The second-order valence-electron chi connectivity index (χ2n) is 3.16. The third-order valence-electron chi connectivity index (χ3n) is 1.82. The zero-order valence-electron chi connectivity index (χ0n) is 8.59. The van der Waals surface area contributed by atoms with E-state index in [0.29, 0.717) is 0 Å². The van der Waals surface area contributed by atoms with Gasteiger partial charge in [0.25, 0.3) is 0 Å². The van der Waals surface area contributed by atoms with E-state index in [0.717, 1.165) is 22.7 Å². The first-order chi connectivity index (χ1) is 6.15. The first kappa shape index (κ1) is 9.78. The monoisotopic (exact) mass is 177 g/mol. The summed E-state index contributed by atoms with van der Waals surface area (Å²) in [5, 5.41) is 0. The highest BCUT2D eigenvalue weighted by Gasteiger charge is 2.01. The lowest BCUT2D eigenvalue weighted by Gasteiger charge is -2.06. The van der Waals surface area contributed by atoms with Gasteiger partial charge in [0.2, 0.25) is 0 Å². The molecule has 0 N–H and O–H groups in total. The molecule has 1 aromatic rings.